The molecular formula is C22H29N3O3S. The largest absolute Gasteiger partial charge is 0.271 e. The molecule has 2 rings (SSSR count). The predicted molar refractivity (Wildman–Crippen MR) is 119 cm³/mol. The molecule has 0 unspecified atom stereocenters. The van der Waals surface area contributed by atoms with Crippen LogP contribution < -0.4 is 9.73 Å². The van der Waals surface area contributed by atoms with E-state index in [0.717, 1.165) is 16.1 Å². The quantitative estimate of drug-likeness (QED) is 0.577. The molecule has 2 aromatic rings. The van der Waals surface area contributed by atoms with E-state index in [1.54, 1.807) is 37.3 Å². The number of amides is 1. The van der Waals surface area contributed by atoms with E-state index < -0.39 is 22.0 Å². The van der Waals surface area contributed by atoms with Crippen LogP contribution in [0, 0.1) is 0 Å². The molecule has 0 saturated heterocycles. The molecule has 0 radical (unpaired) electrons. The van der Waals surface area contributed by atoms with Gasteiger partial charge in [0.05, 0.1) is 17.7 Å². The second-order valence-corrected chi connectivity index (χ2v) is 9.93. The summed E-state index contributed by atoms with van der Waals surface area (Å²) in [7, 11) is -3.65. The van der Waals surface area contributed by atoms with Crippen molar-refractivity contribution < 1.29 is 13.2 Å². The molecule has 6 nitrogen and oxygen atoms in total. The molecule has 0 saturated carbocycles. The topological polar surface area (TPSA) is 78.8 Å². The standard InChI is InChI=1S/C22H29N3O3S/c1-16(18-12-14-19(15-13-18)22(3,4)5)23-24-21(26)17(2)25(29(6,27)28)20-10-8-7-9-11-20/h7-15,17H,1-6H3,(H,24,26)/b23-16-/t17-/m1/s1. The maximum absolute atomic E-state index is 12.6. The lowest BCUT2D eigenvalue weighted by Gasteiger charge is -2.27. The van der Waals surface area contributed by atoms with Crippen LogP contribution in [0.25, 0.3) is 0 Å². The molecule has 0 bridgehead atoms. The molecule has 1 atom stereocenters. The Labute approximate surface area is 173 Å². The first-order valence-corrected chi connectivity index (χ1v) is 11.3. The average molecular weight is 416 g/mol. The molecule has 0 fully saturated rings. The summed E-state index contributed by atoms with van der Waals surface area (Å²) in [6.45, 7) is 9.76. The third-order valence-corrected chi connectivity index (χ3v) is 5.84. The van der Waals surface area contributed by atoms with Gasteiger partial charge < -0.3 is 0 Å². The molecule has 0 aliphatic rings. The Morgan fingerprint density at radius 1 is 1.03 bits per heavy atom. The number of carbonyl (C=O) groups excluding carboxylic acids is 1. The lowest BCUT2D eigenvalue weighted by atomic mass is 9.86. The number of para-hydroxylation sites is 1. The molecule has 1 amide bonds. The first-order valence-electron chi connectivity index (χ1n) is 9.41. The normalized spacial score (nSPS) is 13.7. The first kappa shape index (κ1) is 22.6. The van der Waals surface area contributed by atoms with Gasteiger partial charge in [0, 0.05) is 0 Å². The van der Waals surface area contributed by atoms with Crippen LogP contribution in [-0.4, -0.2) is 32.3 Å². The molecule has 1 N–H and O–H groups in total. The number of hydrogen-bond acceptors (Lipinski definition) is 4. The number of nitrogens with zero attached hydrogens (tertiary/aromatic N) is 2. The predicted octanol–water partition coefficient (Wildman–Crippen LogP) is 3.68. The van der Waals surface area contributed by atoms with E-state index in [0.29, 0.717) is 11.4 Å². The second-order valence-electron chi connectivity index (χ2n) is 8.07. The van der Waals surface area contributed by atoms with Gasteiger partial charge in [-0.25, -0.2) is 13.8 Å². The second kappa shape index (κ2) is 8.78. The van der Waals surface area contributed by atoms with Crippen LogP contribution in [0.5, 0.6) is 0 Å². The van der Waals surface area contributed by atoms with Crippen molar-refractivity contribution in [3.8, 4) is 0 Å². The van der Waals surface area contributed by atoms with Crippen molar-refractivity contribution in [2.45, 2.75) is 46.1 Å². The van der Waals surface area contributed by atoms with Gasteiger partial charge in [-0.1, -0.05) is 63.2 Å². The number of carbonyl (C=O) groups is 1. The molecule has 7 heteroatoms. The van der Waals surface area contributed by atoms with E-state index in [4.69, 9.17) is 0 Å². The summed E-state index contributed by atoms with van der Waals surface area (Å²) < 4.78 is 25.6. The number of hydrogen-bond donors (Lipinski definition) is 1. The highest BCUT2D eigenvalue weighted by atomic mass is 32.2. The molecule has 0 aliphatic carbocycles. The Bertz CT molecular complexity index is 976. The number of hydrazone groups is 1. The first-order chi connectivity index (χ1) is 13.4. The average Bonchev–Trinajstić information content (AvgIpc) is 2.65. The number of nitrogens with one attached hydrogen (secondary N) is 1. The highest BCUT2D eigenvalue weighted by molar-refractivity contribution is 7.92. The van der Waals surface area contributed by atoms with Crippen LogP contribution in [-0.2, 0) is 20.2 Å². The van der Waals surface area contributed by atoms with E-state index in [1.807, 2.05) is 24.3 Å². The Morgan fingerprint density at radius 2 is 1.59 bits per heavy atom. The molecule has 0 spiro atoms. The van der Waals surface area contributed by atoms with Gasteiger partial charge in [0.25, 0.3) is 5.91 Å². The molecule has 0 heterocycles. The summed E-state index contributed by atoms with van der Waals surface area (Å²) in [5.74, 6) is -0.509. The van der Waals surface area contributed by atoms with Gasteiger partial charge in [0.15, 0.2) is 0 Å². The third kappa shape index (κ3) is 5.90. The van der Waals surface area contributed by atoms with Gasteiger partial charge in [0.1, 0.15) is 6.04 Å². The minimum absolute atomic E-state index is 0.0553. The van der Waals surface area contributed by atoms with Crippen molar-refractivity contribution in [1.29, 1.82) is 0 Å². The maximum Gasteiger partial charge on any atom is 0.263 e. The summed E-state index contributed by atoms with van der Waals surface area (Å²) in [6, 6.07) is 15.6. The fourth-order valence-corrected chi connectivity index (χ4v) is 4.07. The SMILES string of the molecule is C/C(=N/NC(=O)[C@@H](C)N(c1ccccc1)S(C)(=O)=O)c1ccc(C(C)(C)C)cc1. The number of rotatable bonds is 6. The van der Waals surface area contributed by atoms with Crippen molar-refractivity contribution in [3.05, 3.63) is 65.7 Å². The Kier molecular flexibility index (Phi) is 6.85. The summed E-state index contributed by atoms with van der Waals surface area (Å²) in [5, 5.41) is 4.16. The van der Waals surface area contributed by atoms with Crippen molar-refractivity contribution in [2.24, 2.45) is 5.10 Å². The summed E-state index contributed by atoms with van der Waals surface area (Å²) >= 11 is 0. The van der Waals surface area contributed by atoms with Crippen molar-refractivity contribution in [1.82, 2.24) is 5.43 Å². The van der Waals surface area contributed by atoms with Gasteiger partial charge in [-0.2, -0.15) is 5.10 Å². The molecule has 0 aliphatic heterocycles. The van der Waals surface area contributed by atoms with Crippen molar-refractivity contribution >= 4 is 27.3 Å². The Morgan fingerprint density at radius 3 is 2.07 bits per heavy atom. The van der Waals surface area contributed by atoms with Crippen LogP contribution >= 0.6 is 0 Å². The Balaban J connectivity index is 2.17. The number of benzene rings is 2. The van der Waals surface area contributed by atoms with E-state index in [1.165, 1.54) is 12.5 Å². The number of anilines is 1. The van der Waals surface area contributed by atoms with Crippen LogP contribution in [0.1, 0.15) is 45.7 Å². The molecular weight excluding hydrogens is 386 g/mol. The number of sulfonamides is 1. The van der Waals surface area contributed by atoms with E-state index in [2.05, 4.69) is 31.3 Å². The van der Waals surface area contributed by atoms with Gasteiger partial charge >= 0.3 is 0 Å². The van der Waals surface area contributed by atoms with E-state index in [9.17, 15) is 13.2 Å². The van der Waals surface area contributed by atoms with Gasteiger partial charge in [-0.05, 0) is 42.5 Å². The highest BCUT2D eigenvalue weighted by Crippen LogP contribution is 2.22. The van der Waals surface area contributed by atoms with Gasteiger partial charge in [-0.3, -0.25) is 9.10 Å². The van der Waals surface area contributed by atoms with Gasteiger partial charge in [-0.15, -0.1) is 0 Å². The summed E-state index contributed by atoms with van der Waals surface area (Å²) in [6.07, 6.45) is 1.08. The van der Waals surface area contributed by atoms with Gasteiger partial charge in [0.2, 0.25) is 10.0 Å². The van der Waals surface area contributed by atoms with Crippen molar-refractivity contribution in [3.63, 3.8) is 0 Å². The molecule has 156 valence electrons. The minimum Gasteiger partial charge on any atom is -0.271 e. The molecule has 2 aromatic carbocycles. The maximum atomic E-state index is 12.6. The minimum atomic E-state index is -3.65. The Hall–Kier alpha value is -2.67. The third-order valence-electron chi connectivity index (χ3n) is 4.60. The lowest BCUT2D eigenvalue weighted by molar-refractivity contribution is -0.121. The van der Waals surface area contributed by atoms with Crippen LogP contribution in [0.2, 0.25) is 0 Å². The lowest BCUT2D eigenvalue weighted by Crippen LogP contribution is -2.46. The molecule has 0 aromatic heterocycles. The van der Waals surface area contributed by atoms with Crippen LogP contribution in [0.3, 0.4) is 0 Å². The zero-order valence-electron chi connectivity index (χ0n) is 17.8. The van der Waals surface area contributed by atoms with Crippen LogP contribution in [0.15, 0.2) is 59.7 Å². The summed E-state index contributed by atoms with van der Waals surface area (Å²) in [5.41, 5.74) is 5.70. The van der Waals surface area contributed by atoms with Crippen molar-refractivity contribution in [2.75, 3.05) is 10.6 Å². The van der Waals surface area contributed by atoms with Crippen LogP contribution in [0.4, 0.5) is 5.69 Å². The monoisotopic (exact) mass is 415 g/mol. The highest BCUT2D eigenvalue weighted by Gasteiger charge is 2.29. The smallest absolute Gasteiger partial charge is 0.263 e. The fourth-order valence-electron chi connectivity index (χ4n) is 2.89. The zero-order chi connectivity index (χ0) is 21.8. The zero-order valence-corrected chi connectivity index (χ0v) is 18.6. The van der Waals surface area contributed by atoms with E-state index in [-0.39, 0.29) is 5.41 Å². The van der Waals surface area contributed by atoms with E-state index >= 15 is 0 Å². The fraction of sp³-hybridized carbons (Fsp3) is 0.364. The summed E-state index contributed by atoms with van der Waals surface area (Å²) in [4.78, 5) is 12.6. The molecule has 29 heavy (non-hydrogen) atoms.